The molecule has 1 N–H and O–H groups in total. The van der Waals surface area contributed by atoms with Crippen molar-refractivity contribution in [1.29, 1.82) is 0 Å². The van der Waals surface area contributed by atoms with Crippen molar-refractivity contribution in [3.05, 3.63) is 23.8 Å². The lowest BCUT2D eigenvalue weighted by Gasteiger charge is -2.33. The second kappa shape index (κ2) is 6.67. The quantitative estimate of drug-likeness (QED) is 0.926. The molecule has 0 aromatic heterocycles. The van der Waals surface area contributed by atoms with Crippen molar-refractivity contribution < 1.29 is 14.6 Å². The van der Waals surface area contributed by atoms with Gasteiger partial charge >= 0.3 is 0 Å². The first-order valence-electron chi connectivity index (χ1n) is 8.06. The molecule has 0 aliphatic carbocycles. The summed E-state index contributed by atoms with van der Waals surface area (Å²) in [7, 11) is 0. The monoisotopic (exact) mass is 291 g/mol. The fraction of sp³-hybridized carbons (Fsp3) is 0.647. The van der Waals surface area contributed by atoms with E-state index in [0.717, 1.165) is 36.1 Å². The maximum absolute atomic E-state index is 10.5. The molecule has 0 bridgehead atoms. The summed E-state index contributed by atoms with van der Waals surface area (Å²) in [6.07, 6.45) is 3.33. The Morgan fingerprint density at radius 3 is 2.62 bits per heavy atom. The van der Waals surface area contributed by atoms with Crippen LogP contribution < -0.4 is 9.47 Å². The number of piperidine rings is 1. The summed E-state index contributed by atoms with van der Waals surface area (Å²) in [4.78, 5) is 2.37. The number of ether oxygens (including phenoxy) is 2. The molecule has 1 saturated heterocycles. The zero-order chi connectivity index (χ0) is 14.7. The highest BCUT2D eigenvalue weighted by Crippen LogP contribution is 2.33. The Hall–Kier alpha value is -1.26. The van der Waals surface area contributed by atoms with Crippen LogP contribution in [0.15, 0.2) is 18.2 Å². The number of β-amino-alcohol motifs (C(OH)–C–C–N with tert-alkyl or cyclic N) is 1. The summed E-state index contributed by atoms with van der Waals surface area (Å²) in [5.41, 5.74) is 0.914. The molecule has 1 fully saturated rings. The van der Waals surface area contributed by atoms with E-state index < -0.39 is 6.10 Å². The smallest absolute Gasteiger partial charge is 0.161 e. The van der Waals surface area contributed by atoms with Gasteiger partial charge in [0.15, 0.2) is 11.5 Å². The van der Waals surface area contributed by atoms with Crippen LogP contribution in [0.4, 0.5) is 0 Å². The lowest BCUT2D eigenvalue weighted by Crippen LogP contribution is -2.36. The molecule has 21 heavy (non-hydrogen) atoms. The maximum atomic E-state index is 10.5. The largest absolute Gasteiger partial charge is 0.486 e. The number of aliphatic hydroxyl groups excluding tert-OH is 1. The third-order valence-corrected chi connectivity index (χ3v) is 4.67. The van der Waals surface area contributed by atoms with Gasteiger partial charge in [0.25, 0.3) is 0 Å². The number of nitrogens with zero attached hydrogens (tertiary/aromatic N) is 1. The average Bonchev–Trinajstić information content (AvgIpc) is 2.55. The fourth-order valence-electron chi connectivity index (χ4n) is 3.19. The van der Waals surface area contributed by atoms with Crippen molar-refractivity contribution in [2.75, 3.05) is 32.8 Å². The molecular formula is C17H25NO3. The molecule has 116 valence electrons. The molecule has 2 aliphatic rings. The van der Waals surface area contributed by atoms with Gasteiger partial charge in [0.1, 0.15) is 13.2 Å². The van der Waals surface area contributed by atoms with Gasteiger partial charge in [0.05, 0.1) is 6.10 Å². The number of likely N-dealkylation sites (tertiary alicyclic amines) is 1. The summed E-state index contributed by atoms with van der Waals surface area (Å²) in [5, 5.41) is 10.5. The second-order valence-corrected chi connectivity index (χ2v) is 6.07. The third kappa shape index (κ3) is 3.50. The second-order valence-electron chi connectivity index (χ2n) is 6.07. The molecule has 0 spiro atoms. The van der Waals surface area contributed by atoms with Gasteiger partial charge in [-0.15, -0.1) is 0 Å². The minimum Gasteiger partial charge on any atom is -0.486 e. The van der Waals surface area contributed by atoms with Crippen LogP contribution in [0.25, 0.3) is 0 Å². The normalized spacial score (nSPS) is 21.2. The average molecular weight is 291 g/mol. The van der Waals surface area contributed by atoms with Gasteiger partial charge in [-0.1, -0.05) is 19.4 Å². The Kier molecular flexibility index (Phi) is 4.66. The summed E-state index contributed by atoms with van der Waals surface area (Å²) in [6, 6.07) is 5.76. The molecule has 0 saturated carbocycles. The van der Waals surface area contributed by atoms with E-state index in [0.29, 0.717) is 19.8 Å². The van der Waals surface area contributed by atoms with E-state index in [1.807, 2.05) is 18.2 Å². The molecular weight excluding hydrogens is 266 g/mol. The van der Waals surface area contributed by atoms with E-state index in [4.69, 9.17) is 9.47 Å². The number of fused-ring (bicyclic) bond motifs is 1. The molecule has 0 amide bonds. The first-order valence-corrected chi connectivity index (χ1v) is 8.06. The topological polar surface area (TPSA) is 41.9 Å². The van der Waals surface area contributed by atoms with Crippen molar-refractivity contribution in [2.24, 2.45) is 5.92 Å². The summed E-state index contributed by atoms with van der Waals surface area (Å²) < 4.78 is 11.1. The van der Waals surface area contributed by atoms with E-state index in [1.54, 1.807) is 0 Å². The van der Waals surface area contributed by atoms with Crippen LogP contribution in [0.3, 0.4) is 0 Å². The lowest BCUT2D eigenvalue weighted by molar-refractivity contribution is 0.0882. The molecule has 3 rings (SSSR count). The van der Waals surface area contributed by atoms with E-state index >= 15 is 0 Å². The first kappa shape index (κ1) is 14.7. The number of rotatable bonds is 4. The highest BCUT2D eigenvalue weighted by atomic mass is 16.6. The fourth-order valence-corrected chi connectivity index (χ4v) is 3.19. The number of benzene rings is 1. The van der Waals surface area contributed by atoms with Crippen molar-refractivity contribution in [1.82, 2.24) is 4.90 Å². The van der Waals surface area contributed by atoms with Crippen molar-refractivity contribution in [3.63, 3.8) is 0 Å². The van der Waals surface area contributed by atoms with E-state index in [1.165, 1.54) is 19.3 Å². The van der Waals surface area contributed by atoms with Crippen LogP contribution in [0, 0.1) is 5.92 Å². The first-order chi connectivity index (χ1) is 10.3. The minimum atomic E-state index is -0.459. The molecule has 4 heteroatoms. The van der Waals surface area contributed by atoms with Crippen LogP contribution in [-0.2, 0) is 0 Å². The predicted molar refractivity (Wildman–Crippen MR) is 81.8 cm³/mol. The Labute approximate surface area is 126 Å². The Balaban J connectivity index is 1.59. The number of hydrogen-bond donors (Lipinski definition) is 1. The SMILES string of the molecule is CCC1CCN(CC(O)c2ccc3c(c2)OCCO3)CC1. The summed E-state index contributed by atoms with van der Waals surface area (Å²) in [6.45, 7) is 6.35. The van der Waals surface area contributed by atoms with E-state index in [9.17, 15) is 5.11 Å². The molecule has 2 aliphatic heterocycles. The molecule has 1 atom stereocenters. The van der Waals surface area contributed by atoms with E-state index in [2.05, 4.69) is 11.8 Å². The standard InChI is InChI=1S/C17H25NO3/c1-2-13-5-7-18(8-6-13)12-15(19)14-3-4-16-17(11-14)21-10-9-20-16/h3-4,11,13,15,19H,2,5-10,12H2,1H3. The maximum Gasteiger partial charge on any atom is 0.161 e. The minimum absolute atomic E-state index is 0.459. The van der Waals surface area contributed by atoms with Gasteiger partial charge in [0, 0.05) is 6.54 Å². The Morgan fingerprint density at radius 1 is 1.19 bits per heavy atom. The molecule has 1 aromatic rings. The van der Waals surface area contributed by atoms with Crippen LogP contribution in [0.2, 0.25) is 0 Å². The number of hydrogen-bond acceptors (Lipinski definition) is 4. The van der Waals surface area contributed by atoms with Gasteiger partial charge < -0.3 is 19.5 Å². The van der Waals surface area contributed by atoms with Crippen molar-refractivity contribution in [3.8, 4) is 11.5 Å². The molecule has 2 heterocycles. The Bertz CT molecular complexity index is 469. The van der Waals surface area contributed by atoms with Crippen molar-refractivity contribution >= 4 is 0 Å². The lowest BCUT2D eigenvalue weighted by atomic mass is 9.94. The van der Waals surface area contributed by atoms with Gasteiger partial charge in [-0.2, -0.15) is 0 Å². The zero-order valence-corrected chi connectivity index (χ0v) is 12.8. The highest BCUT2D eigenvalue weighted by molar-refractivity contribution is 5.44. The van der Waals surface area contributed by atoms with Gasteiger partial charge in [-0.05, 0) is 49.5 Å². The van der Waals surface area contributed by atoms with Gasteiger partial charge in [-0.25, -0.2) is 0 Å². The zero-order valence-electron chi connectivity index (χ0n) is 12.8. The molecule has 0 radical (unpaired) electrons. The van der Waals surface area contributed by atoms with Gasteiger partial charge in [-0.3, -0.25) is 0 Å². The Morgan fingerprint density at radius 2 is 1.90 bits per heavy atom. The van der Waals surface area contributed by atoms with Crippen LogP contribution in [-0.4, -0.2) is 42.9 Å². The van der Waals surface area contributed by atoms with Gasteiger partial charge in [0.2, 0.25) is 0 Å². The highest BCUT2D eigenvalue weighted by Gasteiger charge is 2.21. The molecule has 1 unspecified atom stereocenters. The van der Waals surface area contributed by atoms with Crippen LogP contribution in [0.1, 0.15) is 37.9 Å². The molecule has 4 nitrogen and oxygen atoms in total. The van der Waals surface area contributed by atoms with Crippen LogP contribution in [0.5, 0.6) is 11.5 Å². The van der Waals surface area contributed by atoms with E-state index in [-0.39, 0.29) is 0 Å². The summed E-state index contributed by atoms with van der Waals surface area (Å²) >= 11 is 0. The predicted octanol–water partition coefficient (Wildman–Crippen LogP) is 2.61. The molecule has 1 aromatic carbocycles. The van der Waals surface area contributed by atoms with Crippen LogP contribution >= 0.6 is 0 Å². The number of aliphatic hydroxyl groups is 1. The summed E-state index contributed by atoms with van der Waals surface area (Å²) in [5.74, 6) is 2.40. The third-order valence-electron chi connectivity index (χ3n) is 4.67. The van der Waals surface area contributed by atoms with Crippen molar-refractivity contribution in [2.45, 2.75) is 32.3 Å².